The molecule has 3 aromatic rings. The van der Waals surface area contributed by atoms with E-state index >= 15 is 0 Å². The lowest BCUT2D eigenvalue weighted by Gasteiger charge is -2.20. The normalized spacial score (nSPS) is 12.4. The number of aromatic nitrogens is 1. The van der Waals surface area contributed by atoms with Crippen LogP contribution in [0.5, 0.6) is 0 Å². The number of hydrogen-bond donors (Lipinski definition) is 2. The standard InChI is InChI=1S/C24H30N2O/c1-7-24(5,6)21-15-17-14-19(12-13-20(17)26-21)25-22(27)16-8-10-18(11-9-16)23(2,3)4/h8-15,26H,7H2,1-6H3,(H,25,27). The predicted molar refractivity (Wildman–Crippen MR) is 115 cm³/mol. The van der Waals surface area contributed by atoms with Crippen LogP contribution in [0.25, 0.3) is 10.9 Å². The number of rotatable bonds is 4. The number of aromatic amines is 1. The molecule has 0 unspecified atom stereocenters. The van der Waals surface area contributed by atoms with Gasteiger partial charge in [-0.3, -0.25) is 4.79 Å². The largest absolute Gasteiger partial charge is 0.358 e. The number of anilines is 1. The Morgan fingerprint density at radius 2 is 1.63 bits per heavy atom. The third-order valence-electron chi connectivity index (χ3n) is 5.50. The molecule has 142 valence electrons. The van der Waals surface area contributed by atoms with E-state index in [9.17, 15) is 4.79 Å². The predicted octanol–water partition coefficient (Wildman–Crippen LogP) is 6.41. The quantitative estimate of drug-likeness (QED) is 0.554. The number of amides is 1. The molecule has 0 fully saturated rings. The average molecular weight is 363 g/mol. The van der Waals surface area contributed by atoms with E-state index < -0.39 is 0 Å². The second kappa shape index (κ2) is 6.88. The van der Waals surface area contributed by atoms with Gasteiger partial charge in [0.1, 0.15) is 0 Å². The van der Waals surface area contributed by atoms with Gasteiger partial charge < -0.3 is 10.3 Å². The number of carbonyl (C=O) groups is 1. The molecule has 2 N–H and O–H groups in total. The molecule has 3 nitrogen and oxygen atoms in total. The molecule has 0 aliphatic rings. The van der Waals surface area contributed by atoms with Crippen molar-refractivity contribution in [2.24, 2.45) is 0 Å². The molecule has 1 aromatic heterocycles. The highest BCUT2D eigenvalue weighted by molar-refractivity contribution is 6.05. The van der Waals surface area contributed by atoms with Crippen molar-refractivity contribution in [2.75, 3.05) is 5.32 Å². The molecule has 0 saturated heterocycles. The van der Waals surface area contributed by atoms with Gasteiger partial charge in [-0.1, -0.05) is 53.7 Å². The van der Waals surface area contributed by atoms with Gasteiger partial charge in [-0.2, -0.15) is 0 Å². The molecule has 1 heterocycles. The summed E-state index contributed by atoms with van der Waals surface area (Å²) in [6.45, 7) is 13.2. The first-order valence-corrected chi connectivity index (χ1v) is 9.65. The van der Waals surface area contributed by atoms with E-state index in [1.807, 2.05) is 42.5 Å². The summed E-state index contributed by atoms with van der Waals surface area (Å²) in [5, 5.41) is 4.14. The number of benzene rings is 2. The first-order chi connectivity index (χ1) is 12.6. The Bertz CT molecular complexity index is 956. The van der Waals surface area contributed by atoms with Crippen molar-refractivity contribution in [1.29, 1.82) is 0 Å². The lowest BCUT2D eigenvalue weighted by atomic mass is 9.86. The Hall–Kier alpha value is -2.55. The van der Waals surface area contributed by atoms with Crippen LogP contribution in [0.15, 0.2) is 48.5 Å². The van der Waals surface area contributed by atoms with Crippen LogP contribution in [-0.4, -0.2) is 10.9 Å². The molecular formula is C24H30N2O. The maximum Gasteiger partial charge on any atom is 0.255 e. The highest BCUT2D eigenvalue weighted by Crippen LogP contribution is 2.30. The van der Waals surface area contributed by atoms with Crippen molar-refractivity contribution >= 4 is 22.5 Å². The number of carbonyl (C=O) groups excluding carboxylic acids is 1. The van der Waals surface area contributed by atoms with Crippen molar-refractivity contribution in [1.82, 2.24) is 4.98 Å². The minimum absolute atomic E-state index is 0.0816. The molecule has 0 spiro atoms. The van der Waals surface area contributed by atoms with Gasteiger partial charge >= 0.3 is 0 Å². The first-order valence-electron chi connectivity index (χ1n) is 9.65. The highest BCUT2D eigenvalue weighted by Gasteiger charge is 2.20. The maximum absolute atomic E-state index is 12.6. The van der Waals surface area contributed by atoms with E-state index in [1.165, 1.54) is 11.3 Å². The molecule has 0 aliphatic heterocycles. The Morgan fingerprint density at radius 1 is 0.963 bits per heavy atom. The summed E-state index contributed by atoms with van der Waals surface area (Å²) in [4.78, 5) is 16.1. The highest BCUT2D eigenvalue weighted by atomic mass is 16.1. The summed E-state index contributed by atoms with van der Waals surface area (Å²) in [6, 6.07) is 16.0. The molecule has 27 heavy (non-hydrogen) atoms. The summed E-state index contributed by atoms with van der Waals surface area (Å²) in [7, 11) is 0. The van der Waals surface area contributed by atoms with E-state index in [-0.39, 0.29) is 16.7 Å². The molecule has 0 atom stereocenters. The fourth-order valence-electron chi connectivity index (χ4n) is 3.09. The van der Waals surface area contributed by atoms with Crippen molar-refractivity contribution < 1.29 is 4.79 Å². The van der Waals surface area contributed by atoms with Crippen LogP contribution in [0.4, 0.5) is 5.69 Å². The fraction of sp³-hybridized carbons (Fsp3) is 0.375. The van der Waals surface area contributed by atoms with Crippen LogP contribution >= 0.6 is 0 Å². The van der Waals surface area contributed by atoms with Crippen molar-refractivity contribution in [3.63, 3.8) is 0 Å². The lowest BCUT2D eigenvalue weighted by Crippen LogP contribution is -2.15. The molecule has 2 aromatic carbocycles. The third kappa shape index (κ3) is 4.08. The molecule has 0 bridgehead atoms. The monoisotopic (exact) mass is 362 g/mol. The number of fused-ring (bicyclic) bond motifs is 1. The Kier molecular flexibility index (Phi) is 4.90. The van der Waals surface area contributed by atoms with Crippen LogP contribution in [0.3, 0.4) is 0 Å². The number of nitrogens with one attached hydrogen (secondary N) is 2. The Balaban J connectivity index is 1.80. The summed E-state index contributed by atoms with van der Waals surface area (Å²) < 4.78 is 0. The Labute approximate surface area is 162 Å². The zero-order valence-corrected chi connectivity index (χ0v) is 17.2. The molecule has 3 heteroatoms. The Morgan fingerprint density at radius 3 is 2.22 bits per heavy atom. The van der Waals surface area contributed by atoms with E-state index in [1.54, 1.807) is 0 Å². The van der Waals surface area contributed by atoms with Crippen LogP contribution in [0.2, 0.25) is 0 Å². The molecular weight excluding hydrogens is 332 g/mol. The fourth-order valence-corrected chi connectivity index (χ4v) is 3.09. The van der Waals surface area contributed by atoms with Gasteiger partial charge in [0.2, 0.25) is 0 Å². The van der Waals surface area contributed by atoms with Gasteiger partial charge in [0, 0.05) is 33.3 Å². The third-order valence-corrected chi connectivity index (χ3v) is 5.50. The molecule has 1 amide bonds. The zero-order chi connectivity index (χ0) is 19.8. The SMILES string of the molecule is CCC(C)(C)c1cc2cc(NC(=O)c3ccc(C(C)(C)C)cc3)ccc2[nH]1. The summed E-state index contributed by atoms with van der Waals surface area (Å²) >= 11 is 0. The van der Waals surface area contributed by atoms with Crippen molar-refractivity contribution in [3.05, 3.63) is 65.4 Å². The summed E-state index contributed by atoms with van der Waals surface area (Å²) in [5.41, 5.74) is 5.21. The van der Waals surface area contributed by atoms with Gasteiger partial charge in [-0.05, 0) is 53.8 Å². The van der Waals surface area contributed by atoms with E-state index in [0.717, 1.165) is 23.0 Å². The molecule has 3 rings (SSSR count). The molecule has 0 saturated carbocycles. The number of hydrogen-bond acceptors (Lipinski definition) is 1. The average Bonchev–Trinajstić information content (AvgIpc) is 3.05. The zero-order valence-electron chi connectivity index (χ0n) is 17.2. The second-order valence-electron chi connectivity index (χ2n) is 9.00. The topological polar surface area (TPSA) is 44.9 Å². The van der Waals surface area contributed by atoms with Crippen LogP contribution in [0, 0.1) is 0 Å². The summed E-state index contributed by atoms with van der Waals surface area (Å²) in [6.07, 6.45) is 1.06. The first kappa shape index (κ1) is 19.2. The minimum atomic E-state index is -0.0838. The smallest absolute Gasteiger partial charge is 0.255 e. The van der Waals surface area contributed by atoms with Crippen molar-refractivity contribution in [3.8, 4) is 0 Å². The van der Waals surface area contributed by atoms with Gasteiger partial charge in [0.15, 0.2) is 0 Å². The van der Waals surface area contributed by atoms with E-state index in [0.29, 0.717) is 5.56 Å². The summed E-state index contributed by atoms with van der Waals surface area (Å²) in [5.74, 6) is -0.0838. The van der Waals surface area contributed by atoms with Gasteiger partial charge in [-0.15, -0.1) is 0 Å². The minimum Gasteiger partial charge on any atom is -0.358 e. The van der Waals surface area contributed by atoms with Gasteiger partial charge in [0.25, 0.3) is 5.91 Å². The van der Waals surface area contributed by atoms with Crippen LogP contribution in [-0.2, 0) is 10.8 Å². The van der Waals surface area contributed by atoms with Crippen LogP contribution < -0.4 is 5.32 Å². The van der Waals surface area contributed by atoms with E-state index in [4.69, 9.17) is 0 Å². The van der Waals surface area contributed by atoms with E-state index in [2.05, 4.69) is 57.9 Å². The van der Waals surface area contributed by atoms with Crippen molar-refractivity contribution in [2.45, 2.75) is 58.8 Å². The molecule has 0 aliphatic carbocycles. The maximum atomic E-state index is 12.6. The molecule has 0 radical (unpaired) electrons. The van der Waals surface area contributed by atoms with Gasteiger partial charge in [0.05, 0.1) is 0 Å². The lowest BCUT2D eigenvalue weighted by molar-refractivity contribution is 0.102. The number of H-pyrrole nitrogens is 1. The van der Waals surface area contributed by atoms with Crippen LogP contribution in [0.1, 0.15) is 69.6 Å². The van der Waals surface area contributed by atoms with Gasteiger partial charge in [-0.25, -0.2) is 0 Å². The second-order valence-corrected chi connectivity index (χ2v) is 9.00.